The summed E-state index contributed by atoms with van der Waals surface area (Å²) in [5.74, 6) is 1.81. The van der Waals surface area contributed by atoms with Gasteiger partial charge in [0.15, 0.2) is 5.76 Å². The lowest BCUT2D eigenvalue weighted by atomic mass is 9.32. The monoisotopic (exact) mass is 757 g/mol. The van der Waals surface area contributed by atoms with Crippen molar-refractivity contribution < 1.29 is 38.4 Å². The molecule has 1 aromatic heterocycles. The predicted molar refractivity (Wildman–Crippen MR) is 212 cm³/mol. The van der Waals surface area contributed by atoms with E-state index in [1.54, 1.807) is 43.4 Å². The molecule has 3 fully saturated rings. The Labute approximate surface area is 327 Å². The minimum atomic E-state index is -1.32. The minimum absolute atomic E-state index is 0.0185. The average Bonchev–Trinajstić information content (AvgIpc) is 3.84. The van der Waals surface area contributed by atoms with Crippen molar-refractivity contribution in [1.82, 2.24) is 4.90 Å². The maximum Gasteiger partial charge on any atom is 0.415 e. The molecule has 8 atom stereocenters. The number of ketones is 1. The van der Waals surface area contributed by atoms with Gasteiger partial charge in [-0.1, -0.05) is 62.4 Å². The highest BCUT2D eigenvalue weighted by Gasteiger charge is 2.74. The number of amides is 1. The third-order valence-electron chi connectivity index (χ3n) is 15.2. The number of methoxy groups -OCH3 is 2. The molecule has 3 saturated carbocycles. The number of Topliss-reactive ketones (excluding diaryl/α,β-unsaturated/α-hetero) is 1. The maximum absolute atomic E-state index is 14.6. The molecular formula is C47H51NO8. The van der Waals surface area contributed by atoms with Gasteiger partial charge in [0.1, 0.15) is 17.2 Å². The average molecular weight is 758 g/mol. The summed E-state index contributed by atoms with van der Waals surface area (Å²) in [6, 6.07) is 22.5. The number of benzene rings is 3. The Balaban J connectivity index is 1.10. The zero-order chi connectivity index (χ0) is 39.1. The minimum Gasteiger partial charge on any atom is -0.497 e. The van der Waals surface area contributed by atoms with Crippen molar-refractivity contribution >= 4 is 22.6 Å². The topological polar surface area (TPSA) is 119 Å². The zero-order valence-corrected chi connectivity index (χ0v) is 32.6. The number of aliphatic hydroxyl groups excluding tert-OH is 1. The highest BCUT2D eigenvalue weighted by molar-refractivity contribution is 6.08. The van der Waals surface area contributed by atoms with Gasteiger partial charge in [0, 0.05) is 33.4 Å². The Morgan fingerprint density at radius 3 is 2.36 bits per heavy atom. The second-order valence-corrected chi connectivity index (χ2v) is 17.5. The number of ether oxygens (including phenoxy) is 3. The number of carbonyl (C=O) groups is 2. The van der Waals surface area contributed by atoms with Crippen molar-refractivity contribution in [1.29, 1.82) is 0 Å². The second-order valence-electron chi connectivity index (χ2n) is 17.5. The molecular weight excluding hydrogens is 707 g/mol. The highest BCUT2D eigenvalue weighted by atomic mass is 16.6. The molecule has 6 aliphatic carbocycles. The molecule has 0 radical (unpaired) electrons. The van der Waals surface area contributed by atoms with Crippen LogP contribution < -0.4 is 14.2 Å². The number of hydrogen-bond donors (Lipinski definition) is 2. The first-order valence-corrected chi connectivity index (χ1v) is 20.0. The first kappa shape index (κ1) is 36.8. The number of hydrogen-bond acceptors (Lipinski definition) is 8. The number of aliphatic hydroxyl groups is 2. The lowest BCUT2D eigenvalue weighted by molar-refractivity contribution is -0.175. The van der Waals surface area contributed by atoms with Crippen LogP contribution in [0.5, 0.6) is 17.2 Å². The van der Waals surface area contributed by atoms with Crippen LogP contribution in [0.25, 0.3) is 10.8 Å². The molecule has 4 aromatic rings. The molecule has 2 bridgehead atoms. The zero-order valence-electron chi connectivity index (χ0n) is 32.6. The fraction of sp³-hybridized carbons (Fsp3) is 0.447. The van der Waals surface area contributed by atoms with Crippen LogP contribution in [0.1, 0.15) is 74.9 Å². The summed E-state index contributed by atoms with van der Waals surface area (Å²) in [6.45, 7) is 4.68. The number of allylic oxidation sites excluding steroid dienone is 4. The third kappa shape index (κ3) is 5.26. The molecule has 0 saturated heterocycles. The van der Waals surface area contributed by atoms with Crippen LogP contribution in [-0.2, 0) is 6.54 Å². The van der Waals surface area contributed by atoms with Gasteiger partial charge in [-0.3, -0.25) is 4.79 Å². The van der Waals surface area contributed by atoms with Crippen molar-refractivity contribution in [3.05, 3.63) is 114 Å². The Kier molecular flexibility index (Phi) is 8.60. The lowest BCUT2D eigenvalue weighted by Crippen LogP contribution is -2.67. The lowest BCUT2D eigenvalue weighted by Gasteiger charge is -2.71. The molecule has 9 nitrogen and oxygen atoms in total. The van der Waals surface area contributed by atoms with Gasteiger partial charge in [-0.25, -0.2) is 4.79 Å². The summed E-state index contributed by atoms with van der Waals surface area (Å²) >= 11 is 0. The fourth-order valence-electron chi connectivity index (χ4n) is 12.2. The summed E-state index contributed by atoms with van der Waals surface area (Å²) in [7, 11) is 3.18. The van der Waals surface area contributed by atoms with Crippen molar-refractivity contribution in [2.45, 2.75) is 77.0 Å². The van der Waals surface area contributed by atoms with Gasteiger partial charge in [0.05, 0.1) is 45.3 Å². The molecule has 9 heteroatoms. The number of rotatable bonds is 9. The van der Waals surface area contributed by atoms with Gasteiger partial charge < -0.3 is 33.7 Å². The van der Waals surface area contributed by atoms with E-state index in [-0.39, 0.29) is 36.1 Å². The van der Waals surface area contributed by atoms with E-state index in [1.807, 2.05) is 48.5 Å². The smallest absolute Gasteiger partial charge is 0.415 e. The van der Waals surface area contributed by atoms with Crippen molar-refractivity contribution in [3.8, 4) is 17.2 Å². The molecule has 56 heavy (non-hydrogen) atoms. The van der Waals surface area contributed by atoms with E-state index in [1.165, 1.54) is 6.26 Å². The highest BCUT2D eigenvalue weighted by Crippen LogP contribution is 2.78. The Hall–Kier alpha value is -4.86. The molecule has 6 aliphatic rings. The van der Waals surface area contributed by atoms with Gasteiger partial charge in [-0.15, -0.1) is 0 Å². The maximum atomic E-state index is 14.6. The first-order valence-electron chi connectivity index (χ1n) is 20.0. The third-order valence-corrected chi connectivity index (χ3v) is 15.2. The molecule has 3 aromatic carbocycles. The van der Waals surface area contributed by atoms with E-state index in [2.05, 4.69) is 32.1 Å². The van der Waals surface area contributed by atoms with Gasteiger partial charge in [0.2, 0.25) is 5.78 Å². The number of nitrogens with zero attached hydrogens (tertiary/aromatic N) is 1. The molecule has 10 rings (SSSR count). The van der Waals surface area contributed by atoms with Crippen LogP contribution in [-0.4, -0.2) is 59.5 Å². The summed E-state index contributed by atoms with van der Waals surface area (Å²) in [5, 5.41) is 26.2. The molecule has 1 amide bonds. The van der Waals surface area contributed by atoms with Gasteiger partial charge in [-0.2, -0.15) is 0 Å². The summed E-state index contributed by atoms with van der Waals surface area (Å²) in [5.41, 5.74) is -1.80. The van der Waals surface area contributed by atoms with Crippen molar-refractivity contribution in [2.75, 3.05) is 20.8 Å². The van der Waals surface area contributed by atoms with Crippen LogP contribution >= 0.6 is 0 Å². The summed E-state index contributed by atoms with van der Waals surface area (Å²) in [4.78, 5) is 30.7. The summed E-state index contributed by atoms with van der Waals surface area (Å²) in [6.07, 6.45) is 12.1. The van der Waals surface area contributed by atoms with Crippen molar-refractivity contribution in [3.63, 3.8) is 0 Å². The van der Waals surface area contributed by atoms with E-state index in [9.17, 15) is 19.8 Å². The fourth-order valence-corrected chi connectivity index (χ4v) is 12.2. The van der Waals surface area contributed by atoms with Crippen molar-refractivity contribution in [2.24, 2.45) is 33.5 Å². The number of fused-ring (bicyclic) bond motifs is 2. The Morgan fingerprint density at radius 2 is 1.59 bits per heavy atom. The molecule has 0 aliphatic heterocycles. The Bertz CT molecular complexity index is 2260. The molecule has 2 N–H and O–H groups in total. The van der Waals surface area contributed by atoms with Crippen LogP contribution in [0.3, 0.4) is 0 Å². The van der Waals surface area contributed by atoms with Crippen LogP contribution in [0.4, 0.5) is 4.79 Å². The SMILES string of the molecule is COc1ccc(CN(CC2(O)CCC3C45C=CC6(C=C4C(=O)c4ccco4)CC(O)CCC6(C)C5CCC32C)C(=O)Oc2ccc3ccccc3c2)c(OC)c1. The van der Waals surface area contributed by atoms with Gasteiger partial charge in [-0.05, 0) is 109 Å². The van der Waals surface area contributed by atoms with E-state index in [0.29, 0.717) is 42.3 Å². The molecule has 8 unspecified atom stereocenters. The molecule has 1 heterocycles. The quantitative estimate of drug-likeness (QED) is 0.128. The van der Waals surface area contributed by atoms with Crippen LogP contribution in [0.15, 0.2) is 107 Å². The normalized spacial score (nSPS) is 33.9. The molecule has 2 spiro atoms. The van der Waals surface area contributed by atoms with Gasteiger partial charge >= 0.3 is 6.09 Å². The van der Waals surface area contributed by atoms with Gasteiger partial charge in [0.25, 0.3) is 0 Å². The van der Waals surface area contributed by atoms with E-state index in [0.717, 1.165) is 47.6 Å². The van der Waals surface area contributed by atoms with Crippen LogP contribution in [0, 0.1) is 33.5 Å². The van der Waals surface area contributed by atoms with E-state index in [4.69, 9.17) is 18.6 Å². The van der Waals surface area contributed by atoms with E-state index < -0.39 is 34.0 Å². The largest absolute Gasteiger partial charge is 0.497 e. The van der Waals surface area contributed by atoms with E-state index >= 15 is 0 Å². The Morgan fingerprint density at radius 1 is 0.839 bits per heavy atom. The number of carbonyl (C=O) groups excluding carboxylic acids is 2. The second kappa shape index (κ2) is 13.1. The molecule has 292 valence electrons. The number of furan rings is 1. The first-order chi connectivity index (χ1) is 26.9. The standard InChI is InChI=1S/C47H51NO8/c1-43-18-15-33(49)26-45(43)21-22-47(36(27-45)41(50)37-10-7-23-55-37)39(43)16-19-44(2)40(47)17-20-46(44,52)29-48(28-32-12-13-34(53-3)25-38(32)54-4)42(51)56-35-14-11-30-8-5-6-9-31(30)24-35/h5-14,21-25,27,33,39-40,49,52H,15-20,26,28-29H2,1-4H3. The summed E-state index contributed by atoms with van der Waals surface area (Å²) < 4.78 is 23.1. The van der Waals surface area contributed by atoms with Crippen LogP contribution in [0.2, 0.25) is 0 Å². The predicted octanol–water partition coefficient (Wildman–Crippen LogP) is 8.93.